The van der Waals surface area contributed by atoms with Gasteiger partial charge in [-0.25, -0.2) is 0 Å². The number of nitrogens with one attached hydrogen (secondary N) is 1. The number of carbonyl (C=O) groups excluding carboxylic acids is 2. The monoisotopic (exact) mass is 536 g/mol. The lowest BCUT2D eigenvalue weighted by atomic mass is 9.98. The van der Waals surface area contributed by atoms with Gasteiger partial charge in [0.2, 0.25) is 0 Å². The molecule has 3 atom stereocenters. The van der Waals surface area contributed by atoms with Crippen LogP contribution in [-0.4, -0.2) is 70.6 Å². The number of halogens is 1. The molecule has 2 amide bonds. The van der Waals surface area contributed by atoms with Gasteiger partial charge in [-0.05, 0) is 55.9 Å². The predicted octanol–water partition coefficient (Wildman–Crippen LogP) is 4.34. The van der Waals surface area contributed by atoms with E-state index in [1.54, 1.807) is 47.6 Å². The third-order valence-corrected chi connectivity index (χ3v) is 6.99. The lowest BCUT2D eigenvalue weighted by molar-refractivity contribution is 0.0343. The summed E-state index contributed by atoms with van der Waals surface area (Å²) < 4.78 is 6.58. The summed E-state index contributed by atoms with van der Waals surface area (Å²) in [5.74, 6) is -0.311. The zero-order valence-electron chi connectivity index (χ0n) is 21.8. The molecule has 0 fully saturated rings. The van der Waals surface area contributed by atoms with Crippen molar-refractivity contribution in [3.05, 3.63) is 88.7 Å². The Kier molecular flexibility index (Phi) is 8.99. The summed E-state index contributed by atoms with van der Waals surface area (Å²) in [4.78, 5) is 34.4. The molecule has 2 N–H and O–H groups in total. The highest BCUT2D eigenvalue weighted by molar-refractivity contribution is 6.30. The molecular weight excluding hydrogens is 504 g/mol. The number of benzene rings is 2. The molecule has 0 bridgehead atoms. The molecule has 9 heteroatoms. The fourth-order valence-electron chi connectivity index (χ4n) is 4.53. The van der Waals surface area contributed by atoms with Crippen LogP contribution in [0.5, 0.6) is 5.75 Å². The van der Waals surface area contributed by atoms with Gasteiger partial charge in [-0.2, -0.15) is 0 Å². The summed E-state index contributed by atoms with van der Waals surface area (Å²) in [7, 11) is 2.01. The van der Waals surface area contributed by atoms with E-state index in [1.165, 1.54) is 0 Å². The molecule has 0 spiro atoms. The number of carbonyl (C=O) groups is 2. The van der Waals surface area contributed by atoms with Crippen LogP contribution >= 0.6 is 11.6 Å². The molecule has 0 radical (unpaired) electrons. The summed E-state index contributed by atoms with van der Waals surface area (Å²) in [6, 6.07) is 15.7. The SMILES string of the molecule is C[C@@H]1CN([C@@H](C)CO)C(=O)c2cccc(NC(=O)c3ccncc3)c2O[C@H]1CN(C)Cc1ccc(Cl)cc1. The first-order valence-corrected chi connectivity index (χ1v) is 13.0. The van der Waals surface area contributed by atoms with E-state index in [0.29, 0.717) is 47.2 Å². The van der Waals surface area contributed by atoms with Crippen LogP contribution in [-0.2, 0) is 6.54 Å². The Labute approximate surface area is 228 Å². The van der Waals surface area contributed by atoms with E-state index in [-0.39, 0.29) is 36.5 Å². The number of fused-ring (bicyclic) bond motifs is 1. The van der Waals surface area contributed by atoms with Crippen molar-refractivity contribution in [1.82, 2.24) is 14.8 Å². The molecule has 1 aliphatic heterocycles. The van der Waals surface area contributed by atoms with Gasteiger partial charge in [0.25, 0.3) is 11.8 Å². The normalized spacial score (nSPS) is 18.3. The van der Waals surface area contributed by atoms with Crippen molar-refractivity contribution in [3.63, 3.8) is 0 Å². The minimum Gasteiger partial charge on any atom is -0.486 e. The van der Waals surface area contributed by atoms with E-state index in [9.17, 15) is 14.7 Å². The van der Waals surface area contributed by atoms with Crippen LogP contribution in [0.1, 0.15) is 40.1 Å². The van der Waals surface area contributed by atoms with Crippen LogP contribution in [0.2, 0.25) is 5.02 Å². The summed E-state index contributed by atoms with van der Waals surface area (Å²) in [5, 5.41) is 13.5. The third-order valence-electron chi connectivity index (χ3n) is 6.74. The number of likely N-dealkylation sites (N-methyl/N-ethyl adjacent to an activating group) is 1. The van der Waals surface area contributed by atoms with Crippen molar-refractivity contribution in [3.8, 4) is 5.75 Å². The predicted molar refractivity (Wildman–Crippen MR) is 148 cm³/mol. The highest BCUT2D eigenvalue weighted by Crippen LogP contribution is 2.35. The standard InChI is InChI=1S/C29H33ClN4O4/c1-19-15-34(20(2)18-35)29(37)24-5-4-6-25(32-28(36)22-11-13-31-14-12-22)27(24)38-26(19)17-33(3)16-21-7-9-23(30)10-8-21/h4-14,19-20,26,35H,15-18H2,1-3H3,(H,32,36)/t19-,20+,26+/m1/s1. The second-order valence-electron chi connectivity index (χ2n) is 9.82. The second kappa shape index (κ2) is 12.4. The minimum atomic E-state index is -0.376. The van der Waals surface area contributed by atoms with E-state index in [1.807, 2.05) is 45.2 Å². The molecule has 200 valence electrons. The number of para-hydroxylation sites is 1. The molecule has 2 heterocycles. The first kappa shape index (κ1) is 27.6. The Morgan fingerprint density at radius 1 is 1.21 bits per heavy atom. The van der Waals surface area contributed by atoms with Gasteiger partial charge in [-0.15, -0.1) is 0 Å². The number of hydrogen-bond donors (Lipinski definition) is 2. The zero-order chi connectivity index (χ0) is 27.2. The summed E-state index contributed by atoms with van der Waals surface area (Å²) in [6.45, 7) is 5.39. The second-order valence-corrected chi connectivity index (χ2v) is 10.3. The summed E-state index contributed by atoms with van der Waals surface area (Å²) in [6.07, 6.45) is 2.80. The number of aromatic nitrogens is 1. The lowest BCUT2D eigenvalue weighted by Crippen LogP contribution is -2.49. The molecule has 0 aliphatic carbocycles. The number of rotatable bonds is 8. The smallest absolute Gasteiger partial charge is 0.258 e. The number of ether oxygens (including phenoxy) is 1. The van der Waals surface area contributed by atoms with Gasteiger partial charge in [0.1, 0.15) is 6.10 Å². The van der Waals surface area contributed by atoms with Gasteiger partial charge in [0, 0.05) is 48.5 Å². The minimum absolute atomic E-state index is 0.0577. The molecule has 8 nitrogen and oxygen atoms in total. The van der Waals surface area contributed by atoms with E-state index < -0.39 is 0 Å². The highest BCUT2D eigenvalue weighted by atomic mass is 35.5. The number of pyridine rings is 1. The number of aliphatic hydroxyl groups is 1. The molecule has 0 saturated heterocycles. The maximum absolute atomic E-state index is 13.6. The Bertz CT molecular complexity index is 1260. The van der Waals surface area contributed by atoms with Crippen LogP contribution in [0, 0.1) is 5.92 Å². The molecule has 1 aliphatic rings. The Balaban J connectivity index is 1.66. The Morgan fingerprint density at radius 2 is 1.92 bits per heavy atom. The third kappa shape index (κ3) is 6.51. The zero-order valence-corrected chi connectivity index (χ0v) is 22.6. The van der Waals surface area contributed by atoms with Crippen molar-refractivity contribution < 1.29 is 19.4 Å². The number of aliphatic hydroxyl groups excluding tert-OH is 1. The van der Waals surface area contributed by atoms with Gasteiger partial charge >= 0.3 is 0 Å². The van der Waals surface area contributed by atoms with E-state index in [2.05, 4.69) is 15.2 Å². The van der Waals surface area contributed by atoms with E-state index in [4.69, 9.17) is 16.3 Å². The Hall–Kier alpha value is -3.46. The van der Waals surface area contributed by atoms with Gasteiger partial charge in [-0.3, -0.25) is 19.5 Å². The van der Waals surface area contributed by atoms with Crippen LogP contribution in [0.15, 0.2) is 67.0 Å². The van der Waals surface area contributed by atoms with Crippen molar-refractivity contribution in [2.75, 3.05) is 32.1 Å². The topological polar surface area (TPSA) is 95.0 Å². The van der Waals surface area contributed by atoms with Gasteiger partial charge in [0.05, 0.1) is 23.9 Å². The molecule has 0 saturated carbocycles. The highest BCUT2D eigenvalue weighted by Gasteiger charge is 2.34. The maximum Gasteiger partial charge on any atom is 0.258 e. The summed E-state index contributed by atoms with van der Waals surface area (Å²) >= 11 is 6.04. The van der Waals surface area contributed by atoms with Crippen molar-refractivity contribution in [1.29, 1.82) is 0 Å². The number of nitrogens with zero attached hydrogens (tertiary/aromatic N) is 3. The average Bonchev–Trinajstić information content (AvgIpc) is 2.92. The first-order chi connectivity index (χ1) is 18.3. The van der Waals surface area contributed by atoms with Gasteiger partial charge < -0.3 is 20.1 Å². The molecule has 2 aromatic carbocycles. The maximum atomic E-state index is 13.6. The van der Waals surface area contributed by atoms with Crippen molar-refractivity contribution in [2.45, 2.75) is 32.5 Å². The van der Waals surface area contributed by atoms with Crippen LogP contribution < -0.4 is 10.1 Å². The first-order valence-electron chi connectivity index (χ1n) is 12.6. The van der Waals surface area contributed by atoms with Gasteiger partial charge in [-0.1, -0.05) is 36.7 Å². The molecule has 0 unspecified atom stereocenters. The number of amides is 2. The van der Waals surface area contributed by atoms with Crippen LogP contribution in [0.3, 0.4) is 0 Å². The largest absolute Gasteiger partial charge is 0.486 e. The average molecular weight is 537 g/mol. The Morgan fingerprint density at radius 3 is 2.61 bits per heavy atom. The lowest BCUT2D eigenvalue weighted by Gasteiger charge is -2.38. The molecule has 1 aromatic heterocycles. The molecule has 38 heavy (non-hydrogen) atoms. The van der Waals surface area contributed by atoms with Crippen molar-refractivity contribution in [2.24, 2.45) is 5.92 Å². The van der Waals surface area contributed by atoms with Crippen LogP contribution in [0.4, 0.5) is 5.69 Å². The summed E-state index contributed by atoms with van der Waals surface area (Å²) in [5.41, 5.74) is 2.31. The number of hydrogen-bond acceptors (Lipinski definition) is 6. The molecular formula is C29H33ClN4O4. The van der Waals surface area contributed by atoms with Crippen molar-refractivity contribution >= 4 is 29.1 Å². The molecule has 4 rings (SSSR count). The fraction of sp³-hybridized carbons (Fsp3) is 0.345. The van der Waals surface area contributed by atoms with E-state index in [0.717, 1.165) is 5.56 Å². The fourth-order valence-corrected chi connectivity index (χ4v) is 4.66. The van der Waals surface area contributed by atoms with E-state index >= 15 is 0 Å². The quantitative estimate of drug-likeness (QED) is 0.445. The number of anilines is 1. The van der Waals surface area contributed by atoms with Crippen LogP contribution in [0.25, 0.3) is 0 Å². The molecule has 3 aromatic rings. The van der Waals surface area contributed by atoms with Gasteiger partial charge in [0.15, 0.2) is 5.75 Å².